The fourth-order valence-corrected chi connectivity index (χ4v) is 1.80. The van der Waals surface area contributed by atoms with Gasteiger partial charge in [-0.3, -0.25) is 4.68 Å². The number of carboxylic acids is 1. The topological polar surface area (TPSA) is 116 Å². The number of hydrogen-bond acceptors (Lipinski definition) is 4. The number of nitrogens with zero attached hydrogens (tertiary/aromatic N) is 2. The molecular formula is C12H20N4O4. The molecule has 0 fully saturated rings. The first-order chi connectivity index (χ1) is 9.47. The van der Waals surface area contributed by atoms with E-state index in [1.54, 1.807) is 11.7 Å². The molecule has 0 aromatic carbocycles. The van der Waals surface area contributed by atoms with Crippen LogP contribution in [0.1, 0.15) is 24.6 Å². The molecule has 8 nitrogen and oxygen atoms in total. The number of aryl methyl sites for hydroxylation is 2. The Bertz CT molecular complexity index is 472. The Balaban J connectivity index is 2.52. The van der Waals surface area contributed by atoms with E-state index in [0.717, 1.165) is 17.7 Å². The van der Waals surface area contributed by atoms with Crippen LogP contribution < -0.4 is 10.6 Å². The minimum absolute atomic E-state index is 0.0319. The van der Waals surface area contributed by atoms with Crippen molar-refractivity contribution in [3.05, 3.63) is 17.5 Å². The number of amides is 2. The van der Waals surface area contributed by atoms with Crippen molar-refractivity contribution in [3.63, 3.8) is 0 Å². The van der Waals surface area contributed by atoms with E-state index in [9.17, 15) is 9.59 Å². The molecule has 0 bridgehead atoms. The Morgan fingerprint density at radius 2 is 2.20 bits per heavy atom. The van der Waals surface area contributed by atoms with Gasteiger partial charge in [0, 0.05) is 38.4 Å². The highest BCUT2D eigenvalue weighted by Crippen LogP contribution is 2.06. The Morgan fingerprint density at radius 1 is 1.50 bits per heavy atom. The van der Waals surface area contributed by atoms with Crippen LogP contribution in [0.2, 0.25) is 0 Å². The Hall–Kier alpha value is -2.09. The van der Waals surface area contributed by atoms with E-state index in [4.69, 9.17) is 10.2 Å². The second kappa shape index (κ2) is 7.49. The molecular weight excluding hydrogens is 264 g/mol. The first kappa shape index (κ1) is 16.0. The van der Waals surface area contributed by atoms with E-state index in [1.165, 1.54) is 0 Å². The van der Waals surface area contributed by atoms with Crippen molar-refractivity contribution in [2.75, 3.05) is 6.61 Å². The van der Waals surface area contributed by atoms with Gasteiger partial charge in [-0.05, 0) is 6.42 Å². The van der Waals surface area contributed by atoms with Crippen LogP contribution in [0.4, 0.5) is 4.79 Å². The third-order valence-electron chi connectivity index (χ3n) is 2.79. The number of carboxylic acid groups (broad SMARTS) is 1. The molecule has 8 heteroatoms. The molecule has 0 unspecified atom stereocenters. The summed E-state index contributed by atoms with van der Waals surface area (Å²) in [7, 11) is 1.80. The van der Waals surface area contributed by atoms with Crippen LogP contribution in [-0.4, -0.2) is 44.6 Å². The summed E-state index contributed by atoms with van der Waals surface area (Å²) in [5.41, 5.74) is 1.78. The summed E-state index contributed by atoms with van der Waals surface area (Å²) in [6.07, 6.45) is 2.53. The summed E-state index contributed by atoms with van der Waals surface area (Å²) in [6, 6.07) is -1.68. The number of hydrogen-bond donors (Lipinski definition) is 4. The lowest BCUT2D eigenvalue weighted by Gasteiger charge is -2.13. The number of aliphatic carboxylic acids is 1. The average Bonchev–Trinajstić information content (AvgIpc) is 2.76. The maximum absolute atomic E-state index is 11.6. The standard InChI is InChI=1S/C12H20N4O4/c1-3-9-8(7-16(2)15-9)6-13-12(20)14-10(4-5-17)11(18)19/h7,10,17H,3-6H2,1-2H3,(H,18,19)(H2,13,14,20)/t10-/m1/s1. The van der Waals surface area contributed by atoms with Gasteiger partial charge in [-0.1, -0.05) is 6.92 Å². The van der Waals surface area contributed by atoms with E-state index >= 15 is 0 Å². The number of rotatable bonds is 7. The molecule has 0 aliphatic rings. The molecule has 1 heterocycles. The SMILES string of the molecule is CCc1nn(C)cc1CNC(=O)N[C@H](CCO)C(=O)O. The summed E-state index contributed by atoms with van der Waals surface area (Å²) < 4.78 is 1.67. The molecule has 4 N–H and O–H groups in total. The third kappa shape index (κ3) is 4.54. The number of aromatic nitrogens is 2. The molecule has 2 amide bonds. The van der Waals surface area contributed by atoms with Gasteiger partial charge in [0.05, 0.1) is 5.69 Å². The summed E-state index contributed by atoms with van der Waals surface area (Å²) >= 11 is 0. The van der Waals surface area contributed by atoms with Gasteiger partial charge in [0.2, 0.25) is 0 Å². The van der Waals surface area contributed by atoms with E-state index < -0.39 is 18.0 Å². The molecule has 0 aliphatic heterocycles. The normalized spacial score (nSPS) is 11.9. The highest BCUT2D eigenvalue weighted by Gasteiger charge is 2.19. The number of aliphatic hydroxyl groups excluding tert-OH is 1. The zero-order chi connectivity index (χ0) is 15.1. The minimum Gasteiger partial charge on any atom is -0.480 e. The maximum atomic E-state index is 11.6. The van der Waals surface area contributed by atoms with Crippen LogP contribution in [0, 0.1) is 0 Å². The molecule has 0 radical (unpaired) electrons. The molecule has 0 saturated heterocycles. The fourth-order valence-electron chi connectivity index (χ4n) is 1.80. The number of aliphatic hydroxyl groups is 1. The van der Waals surface area contributed by atoms with Crippen LogP contribution in [0.3, 0.4) is 0 Å². The van der Waals surface area contributed by atoms with Gasteiger partial charge in [-0.25, -0.2) is 9.59 Å². The van der Waals surface area contributed by atoms with E-state index in [1.807, 2.05) is 13.1 Å². The quantitative estimate of drug-likeness (QED) is 0.544. The van der Waals surface area contributed by atoms with Crippen molar-refractivity contribution in [1.29, 1.82) is 0 Å². The van der Waals surface area contributed by atoms with Crippen LogP contribution in [0.25, 0.3) is 0 Å². The predicted octanol–water partition coefficient (Wildman–Crippen LogP) is -0.383. The molecule has 0 aliphatic carbocycles. The Labute approximate surface area is 116 Å². The van der Waals surface area contributed by atoms with Crippen molar-refractivity contribution in [1.82, 2.24) is 20.4 Å². The van der Waals surface area contributed by atoms with Crippen molar-refractivity contribution in [3.8, 4) is 0 Å². The molecule has 1 aromatic heterocycles. The number of carbonyl (C=O) groups excluding carboxylic acids is 1. The molecule has 1 atom stereocenters. The van der Waals surface area contributed by atoms with Gasteiger partial charge < -0.3 is 20.8 Å². The summed E-state index contributed by atoms with van der Waals surface area (Å²) in [5.74, 6) is -1.18. The molecule has 0 saturated carbocycles. The van der Waals surface area contributed by atoms with Crippen LogP contribution >= 0.6 is 0 Å². The van der Waals surface area contributed by atoms with Crippen LogP contribution in [0.15, 0.2) is 6.20 Å². The zero-order valence-corrected chi connectivity index (χ0v) is 11.6. The van der Waals surface area contributed by atoms with Crippen molar-refractivity contribution in [2.24, 2.45) is 7.05 Å². The lowest BCUT2D eigenvalue weighted by atomic mass is 10.2. The first-order valence-corrected chi connectivity index (χ1v) is 6.37. The summed E-state index contributed by atoms with van der Waals surface area (Å²) in [5, 5.41) is 26.7. The van der Waals surface area contributed by atoms with Gasteiger partial charge >= 0.3 is 12.0 Å². The summed E-state index contributed by atoms with van der Waals surface area (Å²) in [6.45, 7) is 1.93. The lowest BCUT2D eigenvalue weighted by Crippen LogP contribution is -2.46. The second-order valence-electron chi connectivity index (χ2n) is 4.36. The average molecular weight is 284 g/mol. The minimum atomic E-state index is -1.18. The van der Waals surface area contributed by atoms with E-state index in [0.29, 0.717) is 0 Å². The predicted molar refractivity (Wildman–Crippen MR) is 71.1 cm³/mol. The number of carbonyl (C=O) groups is 2. The van der Waals surface area contributed by atoms with Crippen molar-refractivity contribution >= 4 is 12.0 Å². The molecule has 112 valence electrons. The number of nitrogens with one attached hydrogen (secondary N) is 2. The maximum Gasteiger partial charge on any atom is 0.326 e. The third-order valence-corrected chi connectivity index (χ3v) is 2.79. The van der Waals surface area contributed by atoms with E-state index in [-0.39, 0.29) is 19.6 Å². The van der Waals surface area contributed by atoms with Crippen LogP contribution in [-0.2, 0) is 24.8 Å². The highest BCUT2D eigenvalue weighted by molar-refractivity contribution is 5.82. The smallest absolute Gasteiger partial charge is 0.326 e. The highest BCUT2D eigenvalue weighted by atomic mass is 16.4. The lowest BCUT2D eigenvalue weighted by molar-refractivity contribution is -0.139. The Kier molecular flexibility index (Phi) is 5.98. The van der Waals surface area contributed by atoms with Gasteiger partial charge in [0.25, 0.3) is 0 Å². The van der Waals surface area contributed by atoms with Crippen molar-refractivity contribution in [2.45, 2.75) is 32.4 Å². The van der Waals surface area contributed by atoms with E-state index in [2.05, 4.69) is 15.7 Å². The van der Waals surface area contributed by atoms with Crippen molar-refractivity contribution < 1.29 is 19.8 Å². The molecule has 1 rings (SSSR count). The van der Waals surface area contributed by atoms with Gasteiger partial charge in [-0.2, -0.15) is 5.10 Å². The monoisotopic (exact) mass is 284 g/mol. The summed E-state index contributed by atoms with van der Waals surface area (Å²) in [4.78, 5) is 22.5. The van der Waals surface area contributed by atoms with Crippen LogP contribution in [0.5, 0.6) is 0 Å². The second-order valence-corrected chi connectivity index (χ2v) is 4.36. The number of urea groups is 1. The Morgan fingerprint density at radius 3 is 2.75 bits per heavy atom. The van der Waals surface area contributed by atoms with Gasteiger partial charge in [0.1, 0.15) is 6.04 Å². The largest absolute Gasteiger partial charge is 0.480 e. The van der Waals surface area contributed by atoms with Gasteiger partial charge in [0.15, 0.2) is 0 Å². The molecule has 20 heavy (non-hydrogen) atoms. The zero-order valence-electron chi connectivity index (χ0n) is 11.6. The fraction of sp³-hybridized carbons (Fsp3) is 0.583. The first-order valence-electron chi connectivity index (χ1n) is 6.37. The molecule has 0 spiro atoms. The van der Waals surface area contributed by atoms with Gasteiger partial charge in [-0.15, -0.1) is 0 Å². The molecule has 1 aromatic rings.